The smallest absolute Gasteiger partial charge is 0.341 e. The first-order chi connectivity index (χ1) is 14.4. The van der Waals surface area contributed by atoms with E-state index in [9.17, 15) is 19.2 Å². The normalized spacial score (nSPS) is 19.9. The minimum Gasteiger partial charge on any atom is -0.422 e. The van der Waals surface area contributed by atoms with E-state index in [1.807, 2.05) is 0 Å². The summed E-state index contributed by atoms with van der Waals surface area (Å²) < 4.78 is 21.0. The second-order valence-electron chi connectivity index (χ2n) is 6.45. The zero-order chi connectivity index (χ0) is 21.7. The van der Waals surface area contributed by atoms with Crippen molar-refractivity contribution in [2.45, 2.75) is 39.3 Å². The standard InChI is InChI=1S/C22H20O8/c1-3-17-27-19(23)13-5-9-15(10-6-13)21(25)29-18(4-2)30-22(26)16-11-7-14(8-12-16)20(24)28-17/h5-12,17-18H,3-4H2,1-2H3. The molecule has 8 nitrogen and oxygen atoms in total. The molecule has 0 aliphatic carbocycles. The van der Waals surface area contributed by atoms with Crippen LogP contribution in [0.4, 0.5) is 0 Å². The fourth-order valence-electron chi connectivity index (χ4n) is 2.62. The third kappa shape index (κ3) is 4.83. The van der Waals surface area contributed by atoms with Gasteiger partial charge in [-0.05, 0) is 48.5 Å². The van der Waals surface area contributed by atoms with Gasteiger partial charge >= 0.3 is 23.9 Å². The number of hydrogen-bond donors (Lipinski definition) is 0. The monoisotopic (exact) mass is 412 g/mol. The Morgan fingerprint density at radius 1 is 0.500 bits per heavy atom. The average Bonchev–Trinajstić information content (AvgIpc) is 2.77. The molecule has 4 bridgehead atoms. The summed E-state index contributed by atoms with van der Waals surface area (Å²) in [4.78, 5) is 49.4. The predicted octanol–water partition coefficient (Wildman–Crippen LogP) is 3.50. The first kappa shape index (κ1) is 21.0. The van der Waals surface area contributed by atoms with Crippen LogP contribution in [0, 0.1) is 0 Å². The van der Waals surface area contributed by atoms with Crippen molar-refractivity contribution < 1.29 is 38.1 Å². The van der Waals surface area contributed by atoms with E-state index in [0.717, 1.165) is 0 Å². The second-order valence-corrected chi connectivity index (χ2v) is 6.45. The molecule has 4 aliphatic rings. The molecule has 0 saturated heterocycles. The molecule has 0 atom stereocenters. The lowest BCUT2D eigenvalue weighted by Crippen LogP contribution is -2.25. The molecular weight excluding hydrogens is 392 g/mol. The molecular formula is C22H20O8. The fourth-order valence-corrected chi connectivity index (χ4v) is 2.62. The van der Waals surface area contributed by atoms with Crippen molar-refractivity contribution in [1.82, 2.24) is 0 Å². The highest BCUT2D eigenvalue weighted by atomic mass is 16.7. The van der Waals surface area contributed by atoms with Gasteiger partial charge in [-0.3, -0.25) is 0 Å². The molecule has 2 aromatic rings. The van der Waals surface area contributed by atoms with Gasteiger partial charge in [0.25, 0.3) is 0 Å². The number of benzene rings is 2. The number of carbonyl (C=O) groups is 4. The van der Waals surface area contributed by atoms with Crippen LogP contribution in [-0.2, 0) is 18.9 Å². The Bertz CT molecular complexity index is 793. The van der Waals surface area contributed by atoms with E-state index in [1.165, 1.54) is 48.5 Å². The number of rotatable bonds is 2. The Morgan fingerprint density at radius 3 is 0.867 bits per heavy atom. The van der Waals surface area contributed by atoms with Gasteiger partial charge in [-0.25, -0.2) is 19.2 Å². The summed E-state index contributed by atoms with van der Waals surface area (Å²) in [5.74, 6) is -2.81. The van der Waals surface area contributed by atoms with Crippen molar-refractivity contribution in [1.29, 1.82) is 0 Å². The van der Waals surface area contributed by atoms with E-state index < -0.39 is 36.5 Å². The molecule has 0 N–H and O–H groups in total. The van der Waals surface area contributed by atoms with Crippen LogP contribution in [0.5, 0.6) is 0 Å². The van der Waals surface area contributed by atoms with E-state index in [4.69, 9.17) is 18.9 Å². The Kier molecular flexibility index (Phi) is 6.46. The van der Waals surface area contributed by atoms with Crippen LogP contribution in [0.3, 0.4) is 0 Å². The van der Waals surface area contributed by atoms with Crippen LogP contribution in [0.15, 0.2) is 48.5 Å². The van der Waals surface area contributed by atoms with Gasteiger partial charge in [0.15, 0.2) is 0 Å². The van der Waals surface area contributed by atoms with Gasteiger partial charge in [0.1, 0.15) is 0 Å². The highest BCUT2D eigenvalue weighted by Gasteiger charge is 2.23. The molecule has 0 spiro atoms. The number of hydrogen-bond acceptors (Lipinski definition) is 8. The molecule has 0 radical (unpaired) electrons. The summed E-state index contributed by atoms with van der Waals surface area (Å²) in [7, 11) is 0. The third-order valence-electron chi connectivity index (χ3n) is 4.33. The quantitative estimate of drug-likeness (QED) is 0.690. The molecule has 8 heteroatoms. The first-order valence-electron chi connectivity index (χ1n) is 9.45. The van der Waals surface area contributed by atoms with Crippen molar-refractivity contribution >= 4 is 23.9 Å². The lowest BCUT2D eigenvalue weighted by Gasteiger charge is -2.18. The van der Waals surface area contributed by atoms with Crippen LogP contribution < -0.4 is 0 Å². The van der Waals surface area contributed by atoms with E-state index in [2.05, 4.69) is 0 Å². The van der Waals surface area contributed by atoms with Crippen molar-refractivity contribution in [3.8, 4) is 0 Å². The molecule has 0 unspecified atom stereocenters. The van der Waals surface area contributed by atoms with Crippen molar-refractivity contribution in [2.24, 2.45) is 0 Å². The largest absolute Gasteiger partial charge is 0.422 e. The minimum atomic E-state index is -1.09. The molecule has 6 rings (SSSR count). The highest BCUT2D eigenvalue weighted by Crippen LogP contribution is 2.16. The molecule has 4 aliphatic heterocycles. The third-order valence-corrected chi connectivity index (χ3v) is 4.33. The maximum atomic E-state index is 12.3. The van der Waals surface area contributed by atoms with Crippen LogP contribution in [0.1, 0.15) is 68.1 Å². The summed E-state index contributed by atoms with van der Waals surface area (Å²) >= 11 is 0. The second kappa shape index (κ2) is 9.21. The zero-order valence-electron chi connectivity index (χ0n) is 16.5. The number of carbonyl (C=O) groups excluding carboxylic acids is 4. The van der Waals surface area contributed by atoms with Crippen LogP contribution in [0.25, 0.3) is 0 Å². The molecule has 0 fully saturated rings. The fraction of sp³-hybridized carbons (Fsp3) is 0.273. The van der Waals surface area contributed by atoms with Gasteiger partial charge in [0.05, 0.1) is 22.3 Å². The lowest BCUT2D eigenvalue weighted by atomic mass is 10.1. The van der Waals surface area contributed by atoms with Crippen molar-refractivity contribution in [2.75, 3.05) is 0 Å². The maximum absolute atomic E-state index is 12.3. The van der Waals surface area contributed by atoms with Gasteiger partial charge in [0.2, 0.25) is 12.6 Å². The molecule has 0 amide bonds. The molecule has 2 aromatic carbocycles. The van der Waals surface area contributed by atoms with E-state index in [-0.39, 0.29) is 35.1 Å². The minimum absolute atomic E-state index is 0.171. The van der Waals surface area contributed by atoms with Crippen LogP contribution in [-0.4, -0.2) is 36.5 Å². The molecule has 4 heterocycles. The van der Waals surface area contributed by atoms with Crippen molar-refractivity contribution in [3.63, 3.8) is 0 Å². The van der Waals surface area contributed by atoms with Gasteiger partial charge in [0, 0.05) is 12.8 Å². The summed E-state index contributed by atoms with van der Waals surface area (Å²) in [6, 6.07) is 11.1. The average molecular weight is 412 g/mol. The molecule has 0 aromatic heterocycles. The van der Waals surface area contributed by atoms with Gasteiger partial charge in [-0.15, -0.1) is 0 Å². The number of ether oxygens (including phenoxy) is 4. The Morgan fingerprint density at radius 2 is 0.700 bits per heavy atom. The summed E-state index contributed by atoms with van der Waals surface area (Å²) in [6.07, 6.45) is -1.71. The van der Waals surface area contributed by atoms with Gasteiger partial charge in [-0.1, -0.05) is 13.8 Å². The summed E-state index contributed by atoms with van der Waals surface area (Å²) in [5.41, 5.74) is 0.685. The lowest BCUT2D eigenvalue weighted by molar-refractivity contribution is -0.0824. The molecule has 30 heavy (non-hydrogen) atoms. The molecule has 0 saturated carbocycles. The SMILES string of the molecule is CCC1OC(=O)c2ccc(cc2)C(=O)OC(CC)OC(=O)c2ccc(cc2)C(=O)O1. The maximum Gasteiger partial charge on any atom is 0.341 e. The Balaban J connectivity index is 1.94. The highest BCUT2D eigenvalue weighted by molar-refractivity contribution is 5.95. The topological polar surface area (TPSA) is 105 Å². The van der Waals surface area contributed by atoms with E-state index in [1.54, 1.807) is 13.8 Å². The Labute approximate surface area is 172 Å². The number of esters is 4. The Hall–Kier alpha value is -3.68. The van der Waals surface area contributed by atoms with E-state index in [0.29, 0.717) is 0 Å². The van der Waals surface area contributed by atoms with Gasteiger partial charge in [-0.2, -0.15) is 0 Å². The van der Waals surface area contributed by atoms with Crippen molar-refractivity contribution in [3.05, 3.63) is 70.8 Å². The predicted molar refractivity (Wildman–Crippen MR) is 103 cm³/mol. The molecule has 156 valence electrons. The van der Waals surface area contributed by atoms with Crippen LogP contribution >= 0.6 is 0 Å². The van der Waals surface area contributed by atoms with Gasteiger partial charge < -0.3 is 18.9 Å². The zero-order valence-corrected chi connectivity index (χ0v) is 16.5. The first-order valence-corrected chi connectivity index (χ1v) is 9.45. The summed E-state index contributed by atoms with van der Waals surface area (Å²) in [5, 5.41) is 0. The summed E-state index contributed by atoms with van der Waals surface area (Å²) in [6.45, 7) is 3.39. The van der Waals surface area contributed by atoms with E-state index >= 15 is 0 Å². The van der Waals surface area contributed by atoms with Crippen LogP contribution in [0.2, 0.25) is 0 Å².